The van der Waals surface area contributed by atoms with Crippen LogP contribution < -0.4 is 0 Å². The SMILES string of the molecule is CCN(Cn1nc(C)cc1C)Cn1nc(C)cc1C. The Labute approximate surface area is 114 Å². The molecule has 2 aromatic heterocycles. The van der Waals surface area contributed by atoms with E-state index in [1.54, 1.807) is 0 Å². The van der Waals surface area contributed by atoms with Gasteiger partial charge < -0.3 is 0 Å². The molecule has 104 valence electrons. The maximum atomic E-state index is 4.51. The Morgan fingerprint density at radius 3 is 1.58 bits per heavy atom. The van der Waals surface area contributed by atoms with Gasteiger partial charge in [-0.3, -0.25) is 14.3 Å². The van der Waals surface area contributed by atoms with Crippen LogP contribution in [0.25, 0.3) is 0 Å². The second-order valence-electron chi connectivity index (χ2n) is 5.12. The second kappa shape index (κ2) is 5.57. The van der Waals surface area contributed by atoms with Gasteiger partial charge in [0.25, 0.3) is 0 Å². The first-order valence-electron chi connectivity index (χ1n) is 6.74. The molecule has 2 aromatic rings. The van der Waals surface area contributed by atoms with E-state index in [1.807, 2.05) is 23.2 Å². The van der Waals surface area contributed by atoms with Crippen molar-refractivity contribution in [1.82, 2.24) is 24.5 Å². The van der Waals surface area contributed by atoms with Crippen LogP contribution in [0.4, 0.5) is 0 Å². The minimum absolute atomic E-state index is 0.800. The molecule has 19 heavy (non-hydrogen) atoms. The zero-order valence-electron chi connectivity index (χ0n) is 12.5. The molecule has 0 N–H and O–H groups in total. The number of aryl methyl sites for hydroxylation is 4. The van der Waals surface area contributed by atoms with E-state index in [1.165, 1.54) is 11.4 Å². The molecule has 0 fully saturated rings. The molecule has 0 unspecified atom stereocenters. The molecule has 0 radical (unpaired) electrons. The van der Waals surface area contributed by atoms with Gasteiger partial charge >= 0.3 is 0 Å². The molecule has 0 saturated carbocycles. The van der Waals surface area contributed by atoms with Crippen LogP contribution in [0.15, 0.2) is 12.1 Å². The maximum absolute atomic E-state index is 4.51. The van der Waals surface area contributed by atoms with Gasteiger partial charge in [-0.25, -0.2) is 0 Å². The van der Waals surface area contributed by atoms with Crippen molar-refractivity contribution >= 4 is 0 Å². The van der Waals surface area contributed by atoms with Crippen LogP contribution in [0.3, 0.4) is 0 Å². The lowest BCUT2D eigenvalue weighted by Crippen LogP contribution is -2.30. The number of hydrogen-bond donors (Lipinski definition) is 0. The van der Waals surface area contributed by atoms with E-state index in [0.29, 0.717) is 0 Å². The van der Waals surface area contributed by atoms with Crippen LogP contribution in [0.2, 0.25) is 0 Å². The maximum Gasteiger partial charge on any atom is 0.0946 e. The normalized spacial score (nSPS) is 11.5. The smallest absolute Gasteiger partial charge is 0.0946 e. The summed E-state index contributed by atoms with van der Waals surface area (Å²) in [7, 11) is 0. The molecule has 0 amide bonds. The summed E-state index contributed by atoms with van der Waals surface area (Å²) in [5.74, 6) is 0. The average Bonchev–Trinajstić information content (AvgIpc) is 2.81. The van der Waals surface area contributed by atoms with Crippen molar-refractivity contribution in [2.24, 2.45) is 0 Å². The van der Waals surface area contributed by atoms with Gasteiger partial charge in [0, 0.05) is 11.4 Å². The first kappa shape index (κ1) is 13.8. The summed E-state index contributed by atoms with van der Waals surface area (Å²) in [6.07, 6.45) is 0. The van der Waals surface area contributed by atoms with Gasteiger partial charge in [0.2, 0.25) is 0 Å². The Hall–Kier alpha value is -1.62. The van der Waals surface area contributed by atoms with Gasteiger partial charge in [-0.15, -0.1) is 0 Å². The zero-order chi connectivity index (χ0) is 14.0. The first-order valence-corrected chi connectivity index (χ1v) is 6.74. The van der Waals surface area contributed by atoms with Crippen molar-refractivity contribution in [3.63, 3.8) is 0 Å². The molecule has 0 atom stereocenters. The van der Waals surface area contributed by atoms with E-state index >= 15 is 0 Å². The lowest BCUT2D eigenvalue weighted by Gasteiger charge is -2.21. The molecule has 0 aliphatic carbocycles. The molecule has 2 heterocycles. The first-order chi connectivity index (χ1) is 8.99. The second-order valence-corrected chi connectivity index (χ2v) is 5.12. The third kappa shape index (κ3) is 3.23. The molecule has 0 bridgehead atoms. The van der Waals surface area contributed by atoms with E-state index in [9.17, 15) is 0 Å². The molecule has 0 spiro atoms. The number of nitrogens with zero attached hydrogens (tertiary/aromatic N) is 5. The van der Waals surface area contributed by atoms with E-state index in [-0.39, 0.29) is 0 Å². The summed E-state index contributed by atoms with van der Waals surface area (Å²) in [4.78, 5) is 2.32. The fourth-order valence-electron chi connectivity index (χ4n) is 2.26. The number of aromatic nitrogens is 4. The standard InChI is InChI=1S/C14H23N5/c1-6-17(9-18-13(4)7-11(2)15-18)10-19-14(5)8-12(3)16-19/h7-8H,6,9-10H2,1-5H3. The van der Waals surface area contributed by atoms with Crippen LogP contribution in [0, 0.1) is 27.7 Å². The lowest BCUT2D eigenvalue weighted by molar-refractivity contribution is 0.158. The van der Waals surface area contributed by atoms with Crippen LogP contribution >= 0.6 is 0 Å². The third-order valence-electron chi connectivity index (χ3n) is 3.32. The number of rotatable bonds is 5. The highest BCUT2D eigenvalue weighted by molar-refractivity contribution is 5.07. The van der Waals surface area contributed by atoms with Crippen LogP contribution in [0.5, 0.6) is 0 Å². The zero-order valence-corrected chi connectivity index (χ0v) is 12.5. The molecular weight excluding hydrogens is 238 g/mol. The summed E-state index contributed by atoms with van der Waals surface area (Å²) in [6.45, 7) is 13.0. The van der Waals surface area contributed by atoms with E-state index in [2.05, 4.69) is 48.0 Å². The van der Waals surface area contributed by atoms with Crippen molar-refractivity contribution in [3.8, 4) is 0 Å². The summed E-state index contributed by atoms with van der Waals surface area (Å²) in [5, 5.41) is 9.03. The Morgan fingerprint density at radius 1 is 0.895 bits per heavy atom. The van der Waals surface area contributed by atoms with Gasteiger partial charge in [-0.1, -0.05) is 6.92 Å². The van der Waals surface area contributed by atoms with Gasteiger partial charge in [0.1, 0.15) is 0 Å². The molecule has 5 nitrogen and oxygen atoms in total. The minimum Gasteiger partial charge on any atom is -0.265 e. The summed E-state index contributed by atoms with van der Waals surface area (Å²) < 4.78 is 4.09. The highest BCUT2D eigenvalue weighted by atomic mass is 15.4. The molecule has 0 aromatic carbocycles. The summed E-state index contributed by atoms with van der Waals surface area (Å²) in [5.41, 5.74) is 4.54. The Balaban J connectivity index is 2.08. The number of hydrogen-bond acceptors (Lipinski definition) is 3. The van der Waals surface area contributed by atoms with Crippen LogP contribution in [-0.2, 0) is 13.3 Å². The van der Waals surface area contributed by atoms with Gasteiger partial charge in [0.15, 0.2) is 0 Å². The van der Waals surface area contributed by atoms with Crippen molar-refractivity contribution in [2.45, 2.75) is 48.0 Å². The topological polar surface area (TPSA) is 38.9 Å². The molecule has 0 aliphatic heterocycles. The molecule has 2 rings (SSSR count). The Bertz CT molecular complexity index is 504. The Kier molecular flexibility index (Phi) is 4.04. The summed E-state index contributed by atoms with van der Waals surface area (Å²) >= 11 is 0. The van der Waals surface area contributed by atoms with Crippen molar-refractivity contribution in [2.75, 3.05) is 6.54 Å². The Morgan fingerprint density at radius 2 is 1.32 bits per heavy atom. The highest BCUT2D eigenvalue weighted by Gasteiger charge is 2.09. The molecule has 5 heteroatoms. The van der Waals surface area contributed by atoms with E-state index in [4.69, 9.17) is 0 Å². The summed E-state index contributed by atoms with van der Waals surface area (Å²) in [6, 6.07) is 4.22. The van der Waals surface area contributed by atoms with Crippen LogP contribution in [-0.4, -0.2) is 31.0 Å². The van der Waals surface area contributed by atoms with Gasteiger partial charge in [-0.05, 0) is 46.4 Å². The van der Waals surface area contributed by atoms with Crippen molar-refractivity contribution < 1.29 is 0 Å². The van der Waals surface area contributed by atoms with Gasteiger partial charge in [-0.2, -0.15) is 10.2 Å². The largest absolute Gasteiger partial charge is 0.265 e. The fourth-order valence-corrected chi connectivity index (χ4v) is 2.26. The van der Waals surface area contributed by atoms with E-state index < -0.39 is 0 Å². The predicted molar refractivity (Wildman–Crippen MR) is 75.8 cm³/mol. The molecule has 0 saturated heterocycles. The predicted octanol–water partition coefficient (Wildman–Crippen LogP) is 2.25. The highest BCUT2D eigenvalue weighted by Crippen LogP contribution is 2.07. The quantitative estimate of drug-likeness (QED) is 0.828. The van der Waals surface area contributed by atoms with Gasteiger partial charge in [0.05, 0.1) is 24.7 Å². The van der Waals surface area contributed by atoms with Crippen molar-refractivity contribution in [3.05, 3.63) is 34.9 Å². The van der Waals surface area contributed by atoms with E-state index in [0.717, 1.165) is 31.3 Å². The average molecular weight is 261 g/mol. The molecular formula is C14H23N5. The third-order valence-corrected chi connectivity index (χ3v) is 3.32. The monoisotopic (exact) mass is 261 g/mol. The molecule has 0 aliphatic rings. The lowest BCUT2D eigenvalue weighted by atomic mass is 10.4. The van der Waals surface area contributed by atoms with Crippen molar-refractivity contribution in [1.29, 1.82) is 0 Å². The van der Waals surface area contributed by atoms with Crippen LogP contribution in [0.1, 0.15) is 29.7 Å². The fraction of sp³-hybridized carbons (Fsp3) is 0.571. The minimum atomic E-state index is 0.800.